The van der Waals surface area contributed by atoms with Crippen LogP contribution in [0.5, 0.6) is 0 Å². The minimum Gasteiger partial charge on any atom is -0.444 e. The van der Waals surface area contributed by atoms with E-state index in [4.69, 9.17) is 9.47 Å². The quantitative estimate of drug-likeness (QED) is 0.281. The zero-order valence-electron chi connectivity index (χ0n) is 34.6. The van der Waals surface area contributed by atoms with Gasteiger partial charge in [0.15, 0.2) is 0 Å². The number of nitrogens with one attached hydrogen (secondary N) is 4. The van der Waals surface area contributed by atoms with Crippen LogP contribution in [0.3, 0.4) is 0 Å². The highest BCUT2D eigenvalue weighted by Crippen LogP contribution is 2.46. The molecular weight excluding hydrogens is 779 g/mol. The molecule has 4 heterocycles. The summed E-state index contributed by atoms with van der Waals surface area (Å²) < 4.78 is 42.1. The average molecular weight is 840 g/mol. The van der Waals surface area contributed by atoms with Crippen LogP contribution in [-0.2, 0) is 40.5 Å². The van der Waals surface area contributed by atoms with Crippen molar-refractivity contribution in [3.8, 4) is 0 Å². The van der Waals surface area contributed by atoms with E-state index < -0.39 is 75.4 Å². The lowest BCUT2D eigenvalue weighted by atomic mass is 9.92. The van der Waals surface area contributed by atoms with Gasteiger partial charge in [-0.25, -0.2) is 14.3 Å². The summed E-state index contributed by atoms with van der Waals surface area (Å²) in [5.41, 5.74) is -0.130. The van der Waals surface area contributed by atoms with E-state index in [1.807, 2.05) is 24.3 Å². The molecule has 2 saturated heterocycles. The zero-order valence-corrected chi connectivity index (χ0v) is 35.4. The predicted octanol–water partition coefficient (Wildman–Crippen LogP) is 3.58. The topological polar surface area (TPSA) is 196 Å². The van der Waals surface area contributed by atoms with Crippen molar-refractivity contribution < 1.29 is 41.9 Å². The lowest BCUT2D eigenvalue weighted by molar-refractivity contribution is -0.141. The molecule has 17 heteroatoms. The molecule has 1 aromatic rings. The van der Waals surface area contributed by atoms with Gasteiger partial charge in [-0.2, -0.15) is 13.1 Å². The van der Waals surface area contributed by atoms with Crippen LogP contribution in [0, 0.1) is 5.92 Å². The maximum Gasteiger partial charge on any atom is 0.410 e. The van der Waals surface area contributed by atoms with Crippen LogP contribution < -0.4 is 20.1 Å². The second kappa shape index (κ2) is 17.8. The molecular formula is C42H61N7O9S. The van der Waals surface area contributed by atoms with Crippen LogP contribution in [0.15, 0.2) is 36.4 Å². The van der Waals surface area contributed by atoms with E-state index in [0.29, 0.717) is 45.2 Å². The molecule has 59 heavy (non-hydrogen) atoms. The molecule has 4 aliphatic heterocycles. The molecule has 0 bridgehead atoms. The Hall–Kier alpha value is -4.22. The number of likely N-dealkylation sites (tertiary alicyclic amines) is 1. The molecule has 16 nitrogen and oxygen atoms in total. The second-order valence-corrected chi connectivity index (χ2v) is 19.6. The Balaban J connectivity index is 1.14. The summed E-state index contributed by atoms with van der Waals surface area (Å²) in [7, 11) is -4.19. The van der Waals surface area contributed by atoms with Crippen molar-refractivity contribution in [1.29, 1.82) is 0 Å². The number of hydrogen-bond acceptors (Lipinski definition) is 10. The Labute approximate surface area is 347 Å². The third kappa shape index (κ3) is 10.8. The Morgan fingerprint density at radius 3 is 2.46 bits per heavy atom. The summed E-state index contributed by atoms with van der Waals surface area (Å²) >= 11 is 0. The number of benzene rings is 1. The number of rotatable bonds is 8. The van der Waals surface area contributed by atoms with Crippen molar-refractivity contribution in [2.75, 3.05) is 32.7 Å². The van der Waals surface area contributed by atoms with Gasteiger partial charge in [0.1, 0.15) is 29.3 Å². The SMILES string of the molecule is CC(C)(C)OC(=O)N[C@H]1CCCCC/C=C\[C@H]2C[C@@]2(C(=O)NS(=O)(=O)NC2CC2)NC(=O)[C@@H]2C[C@@H](OC(=O)N3CCc4ccccc4C3CN3CCCCC3)CN2C1=O. The molecule has 5 amide bonds. The Kier molecular flexibility index (Phi) is 12.9. The van der Waals surface area contributed by atoms with Crippen LogP contribution in [0.2, 0.25) is 0 Å². The maximum atomic E-state index is 14.6. The molecule has 4 fully saturated rings. The summed E-state index contributed by atoms with van der Waals surface area (Å²) in [6, 6.07) is 5.43. The van der Waals surface area contributed by atoms with Crippen LogP contribution in [-0.4, -0.2) is 121 Å². The number of carbonyl (C=O) groups is 5. The first kappa shape index (κ1) is 42.9. The van der Waals surface area contributed by atoms with Crippen molar-refractivity contribution in [2.45, 2.75) is 146 Å². The number of piperidine rings is 1. The fourth-order valence-corrected chi connectivity index (χ4v) is 10.1. The molecule has 2 saturated carbocycles. The number of ether oxygens (including phenoxy) is 2. The van der Waals surface area contributed by atoms with E-state index >= 15 is 0 Å². The number of carbonyl (C=O) groups excluding carboxylic acids is 5. The van der Waals surface area contributed by atoms with Gasteiger partial charge in [0.2, 0.25) is 11.8 Å². The van der Waals surface area contributed by atoms with Crippen molar-refractivity contribution in [3.63, 3.8) is 0 Å². The first-order valence-corrected chi connectivity index (χ1v) is 23.0. The molecule has 4 N–H and O–H groups in total. The molecule has 6 aliphatic rings. The van der Waals surface area contributed by atoms with Gasteiger partial charge in [-0.1, -0.05) is 55.7 Å². The zero-order chi connectivity index (χ0) is 42.0. The van der Waals surface area contributed by atoms with Gasteiger partial charge in [0.05, 0.1) is 12.6 Å². The number of allylic oxidation sites excluding steroid dienone is 1. The lowest BCUT2D eigenvalue weighted by Gasteiger charge is -2.40. The van der Waals surface area contributed by atoms with Crippen LogP contribution in [0.4, 0.5) is 9.59 Å². The van der Waals surface area contributed by atoms with Crippen molar-refractivity contribution in [2.24, 2.45) is 5.92 Å². The van der Waals surface area contributed by atoms with E-state index in [-0.39, 0.29) is 37.9 Å². The molecule has 324 valence electrons. The molecule has 7 rings (SSSR count). The Morgan fingerprint density at radius 2 is 1.71 bits per heavy atom. The molecule has 0 aromatic heterocycles. The van der Waals surface area contributed by atoms with Gasteiger partial charge >= 0.3 is 22.4 Å². The number of nitrogens with zero attached hydrogens (tertiary/aromatic N) is 3. The minimum atomic E-state index is -4.19. The molecule has 1 aromatic carbocycles. The van der Waals surface area contributed by atoms with Gasteiger partial charge in [-0.3, -0.25) is 19.3 Å². The van der Waals surface area contributed by atoms with Gasteiger partial charge < -0.3 is 29.9 Å². The summed E-state index contributed by atoms with van der Waals surface area (Å²) in [6.45, 7) is 8.06. The molecule has 0 spiro atoms. The minimum absolute atomic E-state index is 0.0660. The predicted molar refractivity (Wildman–Crippen MR) is 218 cm³/mol. The summed E-state index contributed by atoms with van der Waals surface area (Å²) in [5.74, 6) is -2.57. The monoisotopic (exact) mass is 839 g/mol. The third-order valence-corrected chi connectivity index (χ3v) is 13.4. The van der Waals surface area contributed by atoms with Crippen LogP contribution in [0.25, 0.3) is 0 Å². The first-order valence-electron chi connectivity index (χ1n) is 21.5. The normalized spacial score (nSPS) is 30.0. The number of amides is 5. The lowest BCUT2D eigenvalue weighted by Crippen LogP contribution is -2.59. The fourth-order valence-electron chi connectivity index (χ4n) is 8.94. The number of alkyl carbamates (subject to hydrolysis) is 1. The molecule has 1 unspecified atom stereocenters. The standard InChI is InChI=1S/C42H61N7O9S/c1-41(2,3)58-39(53)43-33-17-9-6-4-5-8-15-29-25-42(29,38(52)46-59(55,56)45-30-18-19-30)44-36(50)34-24-31(26-49(34)37(33)51)57-40(54)48-23-20-28-14-10-11-16-32(28)35(48)27-47-21-12-7-13-22-47/h8,10-11,14-16,29-31,33-35,45H,4-7,9,12-13,17-27H2,1-3H3,(H,43,53)(H,44,50)(H,46,52)/b15-8-/t29-,31+,33-,34-,35?,42+/m0/s1. The van der Waals surface area contributed by atoms with Gasteiger partial charge in [0.25, 0.3) is 5.91 Å². The van der Waals surface area contributed by atoms with E-state index in [1.54, 1.807) is 25.7 Å². The van der Waals surface area contributed by atoms with E-state index in [1.165, 1.54) is 16.9 Å². The highest BCUT2D eigenvalue weighted by molar-refractivity contribution is 7.88. The van der Waals surface area contributed by atoms with Crippen molar-refractivity contribution >= 4 is 40.1 Å². The molecule has 6 atom stereocenters. The maximum absolute atomic E-state index is 14.6. The highest BCUT2D eigenvalue weighted by Gasteiger charge is 2.62. The van der Waals surface area contributed by atoms with Gasteiger partial charge in [-0.15, -0.1) is 0 Å². The fraction of sp³-hybridized carbons (Fsp3) is 0.690. The van der Waals surface area contributed by atoms with Crippen molar-refractivity contribution in [3.05, 3.63) is 47.5 Å². The molecule has 0 radical (unpaired) electrons. The van der Waals surface area contributed by atoms with E-state index in [9.17, 15) is 32.4 Å². The number of fused-ring (bicyclic) bond motifs is 3. The summed E-state index contributed by atoms with van der Waals surface area (Å²) in [5, 5.41) is 5.59. The number of hydrogen-bond donors (Lipinski definition) is 4. The largest absolute Gasteiger partial charge is 0.444 e. The first-order chi connectivity index (χ1) is 28.1. The third-order valence-electron chi connectivity index (χ3n) is 12.3. The highest BCUT2D eigenvalue weighted by atomic mass is 32.2. The Morgan fingerprint density at radius 1 is 0.966 bits per heavy atom. The van der Waals surface area contributed by atoms with Gasteiger partial charge in [0, 0.05) is 31.5 Å². The van der Waals surface area contributed by atoms with E-state index in [2.05, 4.69) is 37.1 Å². The average Bonchev–Trinajstić information content (AvgIpc) is 4.08. The molecule has 2 aliphatic carbocycles. The smallest absolute Gasteiger partial charge is 0.410 e. The van der Waals surface area contributed by atoms with E-state index in [0.717, 1.165) is 44.3 Å². The second-order valence-electron chi connectivity index (χ2n) is 18.1. The van der Waals surface area contributed by atoms with Crippen LogP contribution >= 0.6 is 0 Å². The van der Waals surface area contributed by atoms with Gasteiger partial charge in [-0.05, 0) is 103 Å². The van der Waals surface area contributed by atoms with Crippen LogP contribution in [0.1, 0.15) is 115 Å². The summed E-state index contributed by atoms with van der Waals surface area (Å²) in [6.07, 6.45) is 10.1. The Bertz CT molecular complexity index is 1890. The summed E-state index contributed by atoms with van der Waals surface area (Å²) in [4.78, 5) is 75.7. The van der Waals surface area contributed by atoms with Crippen molar-refractivity contribution in [1.82, 2.24) is 34.8 Å².